The van der Waals surface area contributed by atoms with Gasteiger partial charge < -0.3 is 36.6 Å². The lowest BCUT2D eigenvalue weighted by molar-refractivity contribution is -0.131. The number of aromatic nitrogens is 1. The van der Waals surface area contributed by atoms with Gasteiger partial charge in [0.2, 0.25) is 29.5 Å². The first-order valence-electron chi connectivity index (χ1n) is 18.5. The Balaban J connectivity index is 1.79. The van der Waals surface area contributed by atoms with Crippen molar-refractivity contribution in [2.24, 2.45) is 5.92 Å². The Kier molecular flexibility index (Phi) is 18.4. The Morgan fingerprint density at radius 2 is 1.54 bits per heavy atom. The molecule has 18 heteroatoms. The molecule has 2 aromatic rings. The van der Waals surface area contributed by atoms with E-state index in [1.165, 1.54) is 58.9 Å². The van der Waals surface area contributed by atoms with Crippen LogP contribution < -0.4 is 31.9 Å². The first kappa shape index (κ1) is 47.5. The molecule has 0 aliphatic heterocycles. The minimum Gasteiger partial charge on any atom is -0.445 e. The lowest BCUT2D eigenvalue weighted by atomic mass is 10.0. The topological polar surface area (TPSA) is 241 Å². The number of benzene rings is 1. The second kappa shape index (κ2) is 22.1. The number of likely N-dealkylation sites (N-methyl/N-ethyl adjacent to an activating group) is 2. The van der Waals surface area contributed by atoms with Crippen LogP contribution >= 0.6 is 11.8 Å². The Hall–Kier alpha value is -5.70. The van der Waals surface area contributed by atoms with Gasteiger partial charge in [0.15, 0.2) is 0 Å². The highest BCUT2D eigenvalue weighted by Gasteiger charge is 2.29. The van der Waals surface area contributed by atoms with Crippen LogP contribution in [0.15, 0.2) is 41.6 Å². The zero-order valence-electron chi connectivity index (χ0n) is 34.2. The maximum Gasteiger partial charge on any atom is 0.410 e. The van der Waals surface area contributed by atoms with Crippen molar-refractivity contribution < 1.29 is 38.3 Å². The highest BCUT2D eigenvalue weighted by atomic mass is 32.2. The number of amides is 7. The molecule has 17 nitrogen and oxygen atoms in total. The Morgan fingerprint density at radius 3 is 2.12 bits per heavy atom. The molecule has 0 fully saturated rings. The molecular weight excluding hydrogens is 755 g/mol. The van der Waals surface area contributed by atoms with Crippen molar-refractivity contribution in [3.63, 3.8) is 0 Å². The monoisotopic (exact) mass is 809 g/mol. The fourth-order valence-corrected chi connectivity index (χ4v) is 5.71. The average Bonchev–Trinajstić information content (AvgIpc) is 3.18. The molecule has 1 aromatic heterocycles. The van der Waals surface area contributed by atoms with Crippen LogP contribution in [0.1, 0.15) is 89.7 Å². The molecule has 0 aliphatic rings. The predicted molar refractivity (Wildman–Crippen MR) is 215 cm³/mol. The summed E-state index contributed by atoms with van der Waals surface area (Å²) in [5, 5.41) is 25.6. The number of nitriles is 1. The quantitative estimate of drug-likeness (QED) is 0.113. The van der Waals surface area contributed by atoms with Crippen molar-refractivity contribution in [1.29, 1.82) is 5.26 Å². The van der Waals surface area contributed by atoms with Gasteiger partial charge in [0.05, 0.1) is 11.1 Å². The zero-order valence-corrected chi connectivity index (χ0v) is 35.0. The van der Waals surface area contributed by atoms with Crippen molar-refractivity contribution in [1.82, 2.24) is 36.5 Å². The largest absolute Gasteiger partial charge is 0.445 e. The molecule has 2 rings (SSSR count). The molecule has 310 valence electrons. The third kappa shape index (κ3) is 15.1. The van der Waals surface area contributed by atoms with Crippen LogP contribution in [0.5, 0.6) is 0 Å². The SMILES string of the molecule is CCC(C)(C)Sc1ncc(C(=O)NCCC(=O)N[C@@H](C)C(=O)NC(C)C(=O)Nc2ccc(COC(=O)N(C)[C@@H](C)C(=O)NC(C(=O)NC)C(C)C)cc2)cc1C#N. The summed E-state index contributed by atoms with van der Waals surface area (Å²) >= 11 is 1.46. The van der Waals surface area contributed by atoms with Gasteiger partial charge in [-0.1, -0.05) is 58.5 Å². The van der Waals surface area contributed by atoms with Crippen LogP contribution in [0.2, 0.25) is 0 Å². The summed E-state index contributed by atoms with van der Waals surface area (Å²) in [7, 11) is 2.88. The standard InChI is InChI=1S/C39H55N9O8S/c1-11-39(7,8)57-37-27(19-40)18-28(20-43-37)35(53)42-17-16-30(49)44-23(4)32(50)45-24(5)33(51)46-29-14-12-26(13-15-29)21-56-38(55)48(10)25(6)34(52)47-31(22(2)3)36(54)41-9/h12-15,18,20,22-25,31H,11,16-17,21H2,1-10H3,(H,41,54)(H,42,53)(H,44,49)(H,45,50)(H,46,51)(H,47,52)/t23-,24?,25-,31?/m0/s1. The summed E-state index contributed by atoms with van der Waals surface area (Å²) in [6, 6.07) is 6.34. The second-order valence-corrected chi connectivity index (χ2v) is 16.0. The summed E-state index contributed by atoms with van der Waals surface area (Å²) in [5.74, 6) is -3.16. The van der Waals surface area contributed by atoms with E-state index >= 15 is 0 Å². The van der Waals surface area contributed by atoms with E-state index < -0.39 is 59.8 Å². The molecule has 7 amide bonds. The lowest BCUT2D eigenvalue weighted by Gasteiger charge is -2.27. The number of hydrogen-bond donors (Lipinski definition) is 6. The molecule has 6 N–H and O–H groups in total. The van der Waals surface area contributed by atoms with Crippen LogP contribution in [0.4, 0.5) is 10.5 Å². The number of nitrogens with zero attached hydrogens (tertiary/aromatic N) is 3. The molecule has 2 unspecified atom stereocenters. The van der Waals surface area contributed by atoms with E-state index in [9.17, 15) is 38.8 Å². The van der Waals surface area contributed by atoms with E-state index in [1.807, 2.05) is 20.8 Å². The van der Waals surface area contributed by atoms with Crippen molar-refractivity contribution in [3.05, 3.63) is 53.2 Å². The number of nitrogens with one attached hydrogen (secondary N) is 6. The first-order valence-corrected chi connectivity index (χ1v) is 19.3. The van der Waals surface area contributed by atoms with E-state index in [4.69, 9.17) is 4.74 Å². The normalized spacial score (nSPS) is 13.1. The van der Waals surface area contributed by atoms with Gasteiger partial charge in [0.1, 0.15) is 41.9 Å². The van der Waals surface area contributed by atoms with E-state index in [0.29, 0.717) is 16.3 Å². The molecule has 0 aliphatic carbocycles. The van der Waals surface area contributed by atoms with Gasteiger partial charge in [-0.05, 0) is 56.9 Å². The van der Waals surface area contributed by atoms with Crippen molar-refractivity contribution >= 4 is 59.0 Å². The third-order valence-corrected chi connectivity index (χ3v) is 10.3. The number of rotatable bonds is 19. The van der Waals surface area contributed by atoms with Crippen molar-refractivity contribution in [3.8, 4) is 6.07 Å². The second-order valence-electron chi connectivity index (χ2n) is 14.3. The fraction of sp³-hybridized carbons (Fsp3) is 0.513. The Morgan fingerprint density at radius 1 is 0.912 bits per heavy atom. The number of thioether (sulfide) groups is 1. The summed E-state index contributed by atoms with van der Waals surface area (Å²) < 4.78 is 5.21. The number of carbonyl (C=O) groups is 7. The van der Waals surface area contributed by atoms with Gasteiger partial charge in [0, 0.05) is 43.7 Å². The summed E-state index contributed by atoms with van der Waals surface area (Å²) in [6.45, 7) is 14.0. The number of ether oxygens (including phenoxy) is 1. The van der Waals surface area contributed by atoms with Gasteiger partial charge in [-0.2, -0.15) is 5.26 Å². The lowest BCUT2D eigenvalue weighted by Crippen LogP contribution is -2.54. The van der Waals surface area contributed by atoms with E-state index in [-0.39, 0.29) is 47.3 Å². The van der Waals surface area contributed by atoms with E-state index in [2.05, 4.69) is 43.0 Å². The molecule has 4 atom stereocenters. The maximum atomic E-state index is 12.8. The number of hydrogen-bond acceptors (Lipinski definition) is 11. The summed E-state index contributed by atoms with van der Waals surface area (Å²) in [4.78, 5) is 93.5. The minimum absolute atomic E-state index is 0.0321. The Labute approximate surface area is 338 Å². The predicted octanol–water partition coefficient (Wildman–Crippen LogP) is 2.85. The van der Waals surface area contributed by atoms with Gasteiger partial charge >= 0.3 is 6.09 Å². The van der Waals surface area contributed by atoms with Crippen LogP contribution in [-0.4, -0.2) is 101 Å². The number of pyridine rings is 1. The molecule has 57 heavy (non-hydrogen) atoms. The maximum absolute atomic E-state index is 12.8. The molecule has 0 saturated carbocycles. The smallest absolute Gasteiger partial charge is 0.410 e. The van der Waals surface area contributed by atoms with Crippen LogP contribution in [0, 0.1) is 17.2 Å². The van der Waals surface area contributed by atoms with Gasteiger partial charge in [0.25, 0.3) is 5.91 Å². The summed E-state index contributed by atoms with van der Waals surface area (Å²) in [5.41, 5.74) is 1.47. The molecular formula is C39H55N9O8S. The molecule has 0 radical (unpaired) electrons. The molecule has 0 spiro atoms. The van der Waals surface area contributed by atoms with Crippen molar-refractivity contribution in [2.75, 3.05) is 26.0 Å². The molecule has 0 saturated heterocycles. The van der Waals surface area contributed by atoms with Gasteiger partial charge in [-0.3, -0.25) is 33.7 Å². The highest BCUT2D eigenvalue weighted by Crippen LogP contribution is 2.35. The van der Waals surface area contributed by atoms with Crippen molar-refractivity contribution in [2.45, 2.75) is 109 Å². The van der Waals surface area contributed by atoms with E-state index in [1.54, 1.807) is 38.1 Å². The number of anilines is 1. The van der Waals surface area contributed by atoms with E-state index in [0.717, 1.165) is 11.3 Å². The van der Waals surface area contributed by atoms with Crippen LogP contribution in [0.3, 0.4) is 0 Å². The van der Waals surface area contributed by atoms with Gasteiger partial charge in [-0.15, -0.1) is 0 Å². The minimum atomic E-state index is -0.985. The van der Waals surface area contributed by atoms with Gasteiger partial charge in [-0.25, -0.2) is 9.78 Å². The Bertz CT molecular complexity index is 1810. The fourth-order valence-electron chi connectivity index (χ4n) is 4.73. The van der Waals surface area contributed by atoms with Crippen LogP contribution in [0.25, 0.3) is 0 Å². The molecule has 1 aromatic carbocycles. The molecule has 1 heterocycles. The highest BCUT2D eigenvalue weighted by molar-refractivity contribution is 8.00. The molecule has 0 bridgehead atoms. The average molecular weight is 810 g/mol. The number of carbonyl (C=O) groups excluding carboxylic acids is 7. The first-order chi connectivity index (χ1) is 26.7. The third-order valence-electron chi connectivity index (χ3n) is 8.94. The van der Waals surface area contributed by atoms with Crippen LogP contribution in [-0.2, 0) is 35.3 Å². The summed E-state index contributed by atoms with van der Waals surface area (Å²) in [6.07, 6.45) is 1.36. The zero-order chi connectivity index (χ0) is 43.0.